The van der Waals surface area contributed by atoms with Crippen molar-refractivity contribution < 1.29 is 14.3 Å². The van der Waals surface area contributed by atoms with E-state index in [4.69, 9.17) is 21.1 Å². The van der Waals surface area contributed by atoms with Gasteiger partial charge in [-0.1, -0.05) is 54.1 Å². The molecule has 0 aliphatic heterocycles. The van der Waals surface area contributed by atoms with Gasteiger partial charge in [-0.05, 0) is 17.2 Å². The molecule has 3 nitrogen and oxygen atoms in total. The fourth-order valence-corrected chi connectivity index (χ4v) is 2.22. The lowest BCUT2D eigenvalue weighted by Crippen LogP contribution is -2.23. The minimum absolute atomic E-state index is 0.317. The third-order valence-corrected chi connectivity index (χ3v) is 3.60. The molecule has 2 atom stereocenters. The van der Waals surface area contributed by atoms with E-state index in [0.29, 0.717) is 6.42 Å². The van der Waals surface area contributed by atoms with E-state index in [1.165, 1.54) is 6.92 Å². The van der Waals surface area contributed by atoms with Crippen LogP contribution in [0.15, 0.2) is 54.1 Å². The number of carbonyl (C=O) groups excluding carboxylic acids is 1. The van der Waals surface area contributed by atoms with E-state index in [0.717, 1.165) is 11.1 Å². The highest BCUT2D eigenvalue weighted by molar-refractivity contribution is 6.24. The van der Waals surface area contributed by atoms with Crippen LogP contribution in [0.25, 0.3) is 0 Å². The molecule has 0 amide bonds. The minimum atomic E-state index is -0.805. The monoisotopic (exact) mass is 292 g/mol. The van der Waals surface area contributed by atoms with Gasteiger partial charge in [0.25, 0.3) is 0 Å². The zero-order valence-corrected chi connectivity index (χ0v) is 12.3. The van der Waals surface area contributed by atoms with Crippen LogP contribution in [-0.4, -0.2) is 18.1 Å². The second kappa shape index (κ2) is 6.25. The SMILES string of the molecule is COC1(Cl)C=CC(C(OC(C)=O)c2ccccc2)=CC1. The Morgan fingerprint density at radius 3 is 2.55 bits per heavy atom. The van der Waals surface area contributed by atoms with Crippen LogP contribution in [0.2, 0.25) is 0 Å². The summed E-state index contributed by atoms with van der Waals surface area (Å²) < 4.78 is 10.7. The molecule has 0 saturated carbocycles. The van der Waals surface area contributed by atoms with Gasteiger partial charge in [0.15, 0.2) is 11.2 Å². The van der Waals surface area contributed by atoms with Crippen molar-refractivity contribution >= 4 is 17.6 Å². The first-order valence-corrected chi connectivity index (χ1v) is 6.77. The van der Waals surface area contributed by atoms with Crippen LogP contribution in [0.3, 0.4) is 0 Å². The molecule has 0 bridgehead atoms. The highest BCUT2D eigenvalue weighted by atomic mass is 35.5. The lowest BCUT2D eigenvalue weighted by atomic mass is 9.95. The van der Waals surface area contributed by atoms with Crippen molar-refractivity contribution in [1.82, 2.24) is 0 Å². The molecule has 106 valence electrons. The predicted octanol–water partition coefficient (Wildman–Crippen LogP) is 3.76. The third kappa shape index (κ3) is 3.50. The van der Waals surface area contributed by atoms with Crippen molar-refractivity contribution in [3.05, 3.63) is 59.7 Å². The molecule has 0 heterocycles. The van der Waals surface area contributed by atoms with Gasteiger partial charge in [-0.2, -0.15) is 0 Å². The predicted molar refractivity (Wildman–Crippen MR) is 78.4 cm³/mol. The molecule has 1 aliphatic rings. The van der Waals surface area contributed by atoms with Crippen molar-refractivity contribution in [2.75, 3.05) is 7.11 Å². The number of esters is 1. The molecule has 0 N–H and O–H groups in total. The van der Waals surface area contributed by atoms with Crippen LogP contribution in [0.5, 0.6) is 0 Å². The quantitative estimate of drug-likeness (QED) is 0.626. The summed E-state index contributed by atoms with van der Waals surface area (Å²) in [6.07, 6.45) is 5.69. The molecule has 1 aromatic rings. The lowest BCUT2D eigenvalue weighted by Gasteiger charge is -2.27. The summed E-state index contributed by atoms with van der Waals surface area (Å²) in [6, 6.07) is 9.62. The van der Waals surface area contributed by atoms with Gasteiger partial charge in [0.05, 0.1) is 0 Å². The molecule has 4 heteroatoms. The summed E-state index contributed by atoms with van der Waals surface area (Å²) in [5, 5.41) is -0.805. The van der Waals surface area contributed by atoms with Gasteiger partial charge in [-0.15, -0.1) is 0 Å². The van der Waals surface area contributed by atoms with Crippen molar-refractivity contribution in [2.45, 2.75) is 24.5 Å². The lowest BCUT2D eigenvalue weighted by molar-refractivity contribution is -0.144. The van der Waals surface area contributed by atoms with Gasteiger partial charge >= 0.3 is 5.97 Å². The third-order valence-electron chi connectivity index (χ3n) is 3.17. The second-order valence-electron chi connectivity index (χ2n) is 4.63. The Kier molecular flexibility index (Phi) is 4.63. The molecule has 0 fully saturated rings. The van der Waals surface area contributed by atoms with Crippen molar-refractivity contribution in [1.29, 1.82) is 0 Å². The molecular formula is C16H17ClO3. The van der Waals surface area contributed by atoms with Gasteiger partial charge in [0.1, 0.15) is 0 Å². The largest absolute Gasteiger partial charge is 0.453 e. The van der Waals surface area contributed by atoms with Crippen LogP contribution in [0.1, 0.15) is 25.0 Å². The first-order valence-electron chi connectivity index (χ1n) is 6.39. The van der Waals surface area contributed by atoms with Gasteiger partial charge in [-0.25, -0.2) is 0 Å². The molecule has 0 aromatic heterocycles. The molecule has 0 radical (unpaired) electrons. The average Bonchev–Trinajstić information content (AvgIpc) is 2.47. The Balaban J connectivity index is 2.26. The minimum Gasteiger partial charge on any atom is -0.453 e. The number of methoxy groups -OCH3 is 1. The van der Waals surface area contributed by atoms with Gasteiger partial charge < -0.3 is 9.47 Å². The fourth-order valence-electron chi connectivity index (χ4n) is 2.08. The van der Waals surface area contributed by atoms with E-state index < -0.39 is 11.2 Å². The second-order valence-corrected chi connectivity index (χ2v) is 5.27. The molecule has 1 aliphatic carbocycles. The van der Waals surface area contributed by atoms with Crippen molar-refractivity contribution in [2.24, 2.45) is 0 Å². The Hall–Kier alpha value is -1.58. The Morgan fingerprint density at radius 1 is 1.35 bits per heavy atom. The van der Waals surface area contributed by atoms with Crippen LogP contribution < -0.4 is 0 Å². The topological polar surface area (TPSA) is 35.5 Å². The number of halogens is 1. The fraction of sp³-hybridized carbons (Fsp3) is 0.312. The Labute approximate surface area is 123 Å². The summed E-state index contributed by atoms with van der Waals surface area (Å²) in [4.78, 5) is 11.3. The van der Waals surface area contributed by atoms with E-state index in [9.17, 15) is 4.79 Å². The van der Waals surface area contributed by atoms with E-state index in [-0.39, 0.29) is 5.97 Å². The van der Waals surface area contributed by atoms with Crippen LogP contribution in [0, 0.1) is 0 Å². The first kappa shape index (κ1) is 14.8. The number of benzene rings is 1. The molecule has 0 saturated heterocycles. The average molecular weight is 293 g/mol. The molecule has 0 spiro atoms. The number of carbonyl (C=O) groups is 1. The van der Waals surface area contributed by atoms with Crippen LogP contribution in [0.4, 0.5) is 0 Å². The van der Waals surface area contributed by atoms with Crippen molar-refractivity contribution in [3.8, 4) is 0 Å². The van der Waals surface area contributed by atoms with E-state index in [2.05, 4.69) is 0 Å². The number of hydrogen-bond donors (Lipinski definition) is 0. The first-order chi connectivity index (χ1) is 9.54. The number of ether oxygens (including phenoxy) is 2. The summed E-state index contributed by atoms with van der Waals surface area (Å²) in [5.41, 5.74) is 1.83. The highest BCUT2D eigenvalue weighted by Crippen LogP contribution is 2.35. The number of alkyl halides is 1. The Bertz CT molecular complexity index is 536. The van der Waals surface area contributed by atoms with Crippen LogP contribution >= 0.6 is 11.6 Å². The molecule has 20 heavy (non-hydrogen) atoms. The highest BCUT2D eigenvalue weighted by Gasteiger charge is 2.28. The maximum absolute atomic E-state index is 11.3. The maximum atomic E-state index is 11.3. The molecular weight excluding hydrogens is 276 g/mol. The normalized spacial score (nSPS) is 23.1. The van der Waals surface area contributed by atoms with Crippen molar-refractivity contribution in [3.63, 3.8) is 0 Å². The summed E-state index contributed by atoms with van der Waals surface area (Å²) in [5.74, 6) is -0.317. The van der Waals surface area contributed by atoms with Gasteiger partial charge in [0, 0.05) is 20.5 Å². The molecule has 2 unspecified atom stereocenters. The summed E-state index contributed by atoms with van der Waals surface area (Å²) >= 11 is 6.22. The summed E-state index contributed by atoms with van der Waals surface area (Å²) in [7, 11) is 1.57. The smallest absolute Gasteiger partial charge is 0.303 e. The number of hydrogen-bond acceptors (Lipinski definition) is 3. The molecule has 2 rings (SSSR count). The maximum Gasteiger partial charge on any atom is 0.303 e. The van der Waals surface area contributed by atoms with E-state index in [1.807, 2.05) is 42.5 Å². The zero-order chi connectivity index (χ0) is 14.6. The van der Waals surface area contributed by atoms with Gasteiger partial charge in [0.2, 0.25) is 0 Å². The molecule has 1 aromatic carbocycles. The Morgan fingerprint density at radius 2 is 2.05 bits per heavy atom. The van der Waals surface area contributed by atoms with E-state index in [1.54, 1.807) is 13.2 Å². The summed E-state index contributed by atoms with van der Waals surface area (Å²) in [6.45, 7) is 1.41. The standard InChI is InChI=1S/C16H17ClO3/c1-12(18)20-15(13-6-4-3-5-7-13)14-8-10-16(17,19-2)11-9-14/h3-10,15H,11H2,1-2H3. The number of rotatable bonds is 4. The van der Waals surface area contributed by atoms with Crippen LogP contribution in [-0.2, 0) is 14.3 Å². The zero-order valence-electron chi connectivity index (χ0n) is 11.5. The van der Waals surface area contributed by atoms with Gasteiger partial charge in [-0.3, -0.25) is 4.79 Å². The van der Waals surface area contributed by atoms with E-state index >= 15 is 0 Å².